The molecule has 2 heteroatoms. The highest BCUT2D eigenvalue weighted by atomic mass is 15.3. The molecule has 1 atom stereocenters. The lowest BCUT2D eigenvalue weighted by Gasteiger charge is -2.43. The summed E-state index contributed by atoms with van der Waals surface area (Å²) >= 11 is 0. The predicted octanol–water partition coefficient (Wildman–Crippen LogP) is 0.690. The van der Waals surface area contributed by atoms with Gasteiger partial charge in [0.05, 0.1) is 6.04 Å². The molecule has 0 bridgehead atoms. The molecule has 0 saturated carbocycles. The fraction of sp³-hybridized carbons (Fsp3) is 0.800. The number of hydrogen-bond acceptors (Lipinski definition) is 2. The molecule has 0 aromatic heterocycles. The normalized spacial score (nSPS) is 21.9. The van der Waals surface area contributed by atoms with E-state index in [1.807, 2.05) is 6.92 Å². The minimum atomic E-state index is 0.212. The van der Waals surface area contributed by atoms with Gasteiger partial charge in [-0.2, -0.15) is 0 Å². The second kappa shape index (κ2) is 3.93. The molecule has 0 spiro atoms. The van der Waals surface area contributed by atoms with Crippen LogP contribution in [0, 0.1) is 12.3 Å². The first-order chi connectivity index (χ1) is 5.63. The van der Waals surface area contributed by atoms with Gasteiger partial charge in [0, 0.05) is 25.2 Å². The van der Waals surface area contributed by atoms with Crippen molar-refractivity contribution in [2.75, 3.05) is 13.1 Å². The van der Waals surface area contributed by atoms with Crippen LogP contribution >= 0.6 is 0 Å². The Kier molecular flexibility index (Phi) is 3.13. The number of nitrogens with zero attached hydrogens (tertiary/aromatic N) is 1. The van der Waals surface area contributed by atoms with Gasteiger partial charge in [-0.15, -0.1) is 6.42 Å². The summed E-state index contributed by atoms with van der Waals surface area (Å²) in [4.78, 5) is 2.43. The van der Waals surface area contributed by atoms with Gasteiger partial charge in [0.2, 0.25) is 0 Å². The van der Waals surface area contributed by atoms with E-state index in [0.29, 0.717) is 12.1 Å². The quantitative estimate of drug-likeness (QED) is 0.621. The van der Waals surface area contributed by atoms with Crippen molar-refractivity contribution in [1.29, 1.82) is 0 Å². The summed E-state index contributed by atoms with van der Waals surface area (Å²) in [5, 5.41) is 3.37. The first kappa shape index (κ1) is 9.57. The van der Waals surface area contributed by atoms with Crippen molar-refractivity contribution in [3.8, 4) is 12.3 Å². The van der Waals surface area contributed by atoms with Crippen LogP contribution in [0.25, 0.3) is 0 Å². The van der Waals surface area contributed by atoms with Gasteiger partial charge in [-0.25, -0.2) is 0 Å². The Morgan fingerprint density at radius 2 is 2.00 bits per heavy atom. The summed E-state index contributed by atoms with van der Waals surface area (Å²) in [7, 11) is 0. The molecule has 1 unspecified atom stereocenters. The molecule has 1 rings (SSSR count). The summed E-state index contributed by atoms with van der Waals surface area (Å²) in [6.07, 6.45) is 5.27. The second-order valence-corrected chi connectivity index (χ2v) is 3.80. The van der Waals surface area contributed by atoms with Crippen LogP contribution in [-0.2, 0) is 0 Å². The van der Waals surface area contributed by atoms with Crippen molar-refractivity contribution >= 4 is 0 Å². The molecule has 2 nitrogen and oxygen atoms in total. The Morgan fingerprint density at radius 3 is 2.42 bits per heavy atom. The van der Waals surface area contributed by atoms with Gasteiger partial charge in [-0.05, 0) is 20.8 Å². The topological polar surface area (TPSA) is 15.3 Å². The van der Waals surface area contributed by atoms with Crippen LogP contribution in [-0.4, -0.2) is 36.1 Å². The molecule has 0 aromatic rings. The maximum atomic E-state index is 5.27. The molecule has 12 heavy (non-hydrogen) atoms. The fourth-order valence-electron chi connectivity index (χ4n) is 1.44. The number of rotatable bonds is 3. The van der Waals surface area contributed by atoms with Gasteiger partial charge in [0.25, 0.3) is 0 Å². The molecule has 1 aliphatic heterocycles. The summed E-state index contributed by atoms with van der Waals surface area (Å²) in [5.41, 5.74) is 0. The van der Waals surface area contributed by atoms with Gasteiger partial charge in [-0.3, -0.25) is 10.2 Å². The van der Waals surface area contributed by atoms with Gasteiger partial charge in [-0.1, -0.05) is 5.92 Å². The van der Waals surface area contributed by atoms with Gasteiger partial charge in [0.1, 0.15) is 0 Å². The van der Waals surface area contributed by atoms with E-state index in [-0.39, 0.29) is 6.04 Å². The third-order valence-electron chi connectivity index (χ3n) is 2.38. The maximum Gasteiger partial charge on any atom is 0.0661 e. The average molecular weight is 166 g/mol. The molecule has 0 radical (unpaired) electrons. The maximum absolute atomic E-state index is 5.27. The Labute approximate surface area is 75.3 Å². The van der Waals surface area contributed by atoms with Crippen LogP contribution in [0.3, 0.4) is 0 Å². The summed E-state index contributed by atoms with van der Waals surface area (Å²) < 4.78 is 0. The van der Waals surface area contributed by atoms with E-state index < -0.39 is 0 Å². The fourth-order valence-corrected chi connectivity index (χ4v) is 1.44. The lowest BCUT2D eigenvalue weighted by Crippen LogP contribution is -2.61. The molecule has 1 aliphatic rings. The monoisotopic (exact) mass is 166 g/mol. The lowest BCUT2D eigenvalue weighted by atomic mass is 10.1. The molecular weight excluding hydrogens is 148 g/mol. The zero-order valence-electron chi connectivity index (χ0n) is 8.17. The minimum Gasteiger partial charge on any atom is -0.299 e. The van der Waals surface area contributed by atoms with Gasteiger partial charge < -0.3 is 0 Å². The highest BCUT2D eigenvalue weighted by molar-refractivity contribution is 5.00. The third-order valence-corrected chi connectivity index (χ3v) is 2.38. The first-order valence-corrected chi connectivity index (χ1v) is 4.59. The van der Waals surface area contributed by atoms with Gasteiger partial charge >= 0.3 is 0 Å². The van der Waals surface area contributed by atoms with E-state index in [1.54, 1.807) is 0 Å². The third kappa shape index (κ3) is 2.23. The summed E-state index contributed by atoms with van der Waals surface area (Å²) in [6.45, 7) is 8.76. The Bertz CT molecular complexity index is 175. The van der Waals surface area contributed by atoms with Crippen molar-refractivity contribution in [2.24, 2.45) is 0 Å². The molecule has 1 heterocycles. The Balaban J connectivity index is 2.14. The molecule has 1 fully saturated rings. The molecule has 0 amide bonds. The van der Waals surface area contributed by atoms with Crippen LogP contribution < -0.4 is 5.32 Å². The smallest absolute Gasteiger partial charge is 0.0661 e. The predicted molar refractivity (Wildman–Crippen MR) is 51.9 cm³/mol. The van der Waals surface area contributed by atoms with Crippen molar-refractivity contribution in [2.45, 2.75) is 38.9 Å². The number of nitrogens with one attached hydrogen (secondary N) is 1. The molecule has 68 valence electrons. The second-order valence-electron chi connectivity index (χ2n) is 3.80. The standard InChI is InChI=1S/C10H18N2/c1-5-9(4)11-10-6-12(7-10)8(2)3/h1,8-11H,6-7H2,2-4H3. The first-order valence-electron chi connectivity index (χ1n) is 4.59. The van der Waals surface area contributed by atoms with Crippen molar-refractivity contribution < 1.29 is 0 Å². The highest BCUT2D eigenvalue weighted by Crippen LogP contribution is 2.11. The molecular formula is C10H18N2. The lowest BCUT2D eigenvalue weighted by molar-refractivity contribution is 0.0899. The Hall–Kier alpha value is -0.520. The average Bonchev–Trinajstić information content (AvgIpc) is 1.94. The van der Waals surface area contributed by atoms with E-state index in [9.17, 15) is 0 Å². The van der Waals surface area contributed by atoms with Crippen LogP contribution in [0.5, 0.6) is 0 Å². The molecule has 0 aromatic carbocycles. The SMILES string of the molecule is C#CC(C)NC1CN(C(C)C)C1. The van der Waals surface area contributed by atoms with Crippen LogP contribution in [0.1, 0.15) is 20.8 Å². The van der Waals surface area contributed by atoms with E-state index in [2.05, 4.69) is 30.0 Å². The number of hydrogen-bond donors (Lipinski definition) is 1. The van der Waals surface area contributed by atoms with E-state index in [0.717, 1.165) is 13.1 Å². The van der Waals surface area contributed by atoms with Crippen LogP contribution in [0.2, 0.25) is 0 Å². The molecule has 1 saturated heterocycles. The highest BCUT2D eigenvalue weighted by Gasteiger charge is 2.28. The molecule has 1 N–H and O–H groups in total. The minimum absolute atomic E-state index is 0.212. The number of likely N-dealkylation sites (tertiary alicyclic amines) is 1. The Morgan fingerprint density at radius 1 is 1.42 bits per heavy atom. The van der Waals surface area contributed by atoms with E-state index in [4.69, 9.17) is 6.42 Å². The summed E-state index contributed by atoms with van der Waals surface area (Å²) in [6, 6.07) is 1.49. The van der Waals surface area contributed by atoms with Crippen molar-refractivity contribution in [3.05, 3.63) is 0 Å². The van der Waals surface area contributed by atoms with E-state index >= 15 is 0 Å². The van der Waals surface area contributed by atoms with Crippen molar-refractivity contribution in [1.82, 2.24) is 10.2 Å². The number of terminal acetylenes is 1. The zero-order chi connectivity index (χ0) is 9.14. The van der Waals surface area contributed by atoms with E-state index in [1.165, 1.54) is 0 Å². The van der Waals surface area contributed by atoms with Crippen LogP contribution in [0.15, 0.2) is 0 Å². The van der Waals surface area contributed by atoms with Crippen LogP contribution in [0.4, 0.5) is 0 Å². The van der Waals surface area contributed by atoms with Crippen molar-refractivity contribution in [3.63, 3.8) is 0 Å². The summed E-state index contributed by atoms with van der Waals surface area (Å²) in [5.74, 6) is 2.68. The largest absolute Gasteiger partial charge is 0.299 e. The van der Waals surface area contributed by atoms with Gasteiger partial charge in [0.15, 0.2) is 0 Å². The zero-order valence-corrected chi connectivity index (χ0v) is 8.17. The molecule has 0 aliphatic carbocycles.